The Bertz CT molecular complexity index is 1230. The number of carbonyl (C=O) groups excluding carboxylic acids is 2. The quantitative estimate of drug-likeness (QED) is 0.700. The molecule has 0 radical (unpaired) electrons. The number of hydrogen-bond acceptors (Lipinski definition) is 7. The number of ether oxygens (including phenoxy) is 1. The monoisotopic (exact) mass is 417 g/mol. The second-order valence-corrected chi connectivity index (χ2v) is 8.99. The van der Waals surface area contributed by atoms with Crippen molar-refractivity contribution < 1.29 is 22.7 Å². The Kier molecular flexibility index (Phi) is 4.31. The molecule has 1 aliphatic rings. The van der Waals surface area contributed by atoms with Crippen molar-refractivity contribution in [3.8, 4) is 5.75 Å². The molecule has 0 unspecified atom stereocenters. The second-order valence-electron chi connectivity index (χ2n) is 6.02. The Morgan fingerprint density at radius 3 is 2.79 bits per heavy atom. The lowest BCUT2D eigenvalue weighted by atomic mass is 10.1. The van der Waals surface area contributed by atoms with Crippen LogP contribution >= 0.6 is 11.3 Å². The minimum atomic E-state index is -3.92. The summed E-state index contributed by atoms with van der Waals surface area (Å²) in [5.41, 5.74) is 0.898. The number of nitrogens with zero attached hydrogens (tertiary/aromatic N) is 2. The fourth-order valence-corrected chi connectivity index (χ4v) is 5.07. The molecule has 8 nitrogen and oxygen atoms in total. The summed E-state index contributed by atoms with van der Waals surface area (Å²) in [4.78, 5) is 28.7. The van der Waals surface area contributed by atoms with Crippen LogP contribution in [0.15, 0.2) is 41.3 Å². The number of aromatic nitrogens is 1. The summed E-state index contributed by atoms with van der Waals surface area (Å²) in [6.45, 7) is 2.44. The number of amides is 2. The highest BCUT2D eigenvalue weighted by molar-refractivity contribution is 7.90. The smallest absolute Gasteiger partial charge is 0.268 e. The molecule has 2 aromatic carbocycles. The van der Waals surface area contributed by atoms with Crippen molar-refractivity contribution in [2.24, 2.45) is 0 Å². The number of nitrogens with one attached hydrogen (secondary N) is 1. The third-order valence-corrected chi connectivity index (χ3v) is 7.00. The van der Waals surface area contributed by atoms with Gasteiger partial charge in [-0.3, -0.25) is 14.9 Å². The average molecular weight is 417 g/mol. The normalized spacial score (nSPS) is 14.9. The molecule has 0 aliphatic carbocycles. The van der Waals surface area contributed by atoms with E-state index in [1.165, 1.54) is 36.6 Å². The van der Waals surface area contributed by atoms with E-state index >= 15 is 0 Å². The third-order valence-electron chi connectivity index (χ3n) is 4.29. The lowest BCUT2D eigenvalue weighted by Gasteiger charge is -2.06. The number of fused-ring (bicyclic) bond motifs is 2. The second kappa shape index (κ2) is 6.57. The van der Waals surface area contributed by atoms with Gasteiger partial charge in [0, 0.05) is 12.6 Å². The van der Waals surface area contributed by atoms with E-state index in [9.17, 15) is 18.0 Å². The fraction of sp³-hybridized carbons (Fsp3) is 0.167. The van der Waals surface area contributed by atoms with Gasteiger partial charge in [0.1, 0.15) is 10.6 Å². The van der Waals surface area contributed by atoms with Crippen LogP contribution in [-0.4, -0.2) is 43.2 Å². The molecule has 4 rings (SSSR count). The molecule has 144 valence electrons. The zero-order chi connectivity index (χ0) is 20.1. The molecular weight excluding hydrogens is 402 g/mol. The van der Waals surface area contributed by atoms with Crippen molar-refractivity contribution in [2.75, 3.05) is 19.0 Å². The predicted molar refractivity (Wildman–Crippen MR) is 104 cm³/mol. The van der Waals surface area contributed by atoms with Gasteiger partial charge in [-0.05, 0) is 43.3 Å². The summed E-state index contributed by atoms with van der Waals surface area (Å²) in [5, 5.41) is 3.05. The topological polar surface area (TPSA) is 106 Å². The number of rotatable bonds is 4. The lowest BCUT2D eigenvalue weighted by molar-refractivity contribution is 0.0890. The van der Waals surface area contributed by atoms with Crippen molar-refractivity contribution in [3.05, 3.63) is 47.5 Å². The molecule has 0 bridgehead atoms. The summed E-state index contributed by atoms with van der Waals surface area (Å²) < 4.78 is 31.5. The van der Waals surface area contributed by atoms with Crippen molar-refractivity contribution in [1.29, 1.82) is 0 Å². The number of hydrogen-bond donors (Lipinski definition) is 1. The minimum absolute atomic E-state index is 0.0579. The van der Waals surface area contributed by atoms with Gasteiger partial charge in [0.15, 0.2) is 5.13 Å². The van der Waals surface area contributed by atoms with E-state index in [1.807, 2.05) is 13.0 Å². The van der Waals surface area contributed by atoms with Crippen molar-refractivity contribution in [2.45, 2.75) is 11.8 Å². The van der Waals surface area contributed by atoms with E-state index in [2.05, 4.69) is 10.3 Å². The molecule has 10 heteroatoms. The van der Waals surface area contributed by atoms with Crippen molar-refractivity contribution >= 4 is 48.5 Å². The van der Waals surface area contributed by atoms with Gasteiger partial charge < -0.3 is 4.74 Å². The number of benzene rings is 2. The van der Waals surface area contributed by atoms with Crippen LogP contribution < -0.4 is 10.1 Å². The molecule has 1 aliphatic heterocycles. The molecule has 0 fully saturated rings. The van der Waals surface area contributed by atoms with E-state index in [0.717, 1.165) is 4.70 Å². The van der Waals surface area contributed by atoms with Gasteiger partial charge in [-0.25, -0.2) is 17.7 Å². The molecule has 3 aromatic rings. The summed E-state index contributed by atoms with van der Waals surface area (Å²) in [7, 11) is -2.73. The first kappa shape index (κ1) is 18.4. The van der Waals surface area contributed by atoms with E-state index < -0.39 is 21.8 Å². The first-order valence-corrected chi connectivity index (χ1v) is 10.6. The zero-order valence-electron chi connectivity index (χ0n) is 14.9. The van der Waals surface area contributed by atoms with Gasteiger partial charge in [-0.1, -0.05) is 11.3 Å². The number of sulfonamides is 1. The maximum Gasteiger partial charge on any atom is 0.268 e. The van der Waals surface area contributed by atoms with Crippen LogP contribution in [0.1, 0.15) is 27.6 Å². The van der Waals surface area contributed by atoms with Gasteiger partial charge in [-0.2, -0.15) is 0 Å². The number of anilines is 1. The van der Waals surface area contributed by atoms with Crippen LogP contribution in [0.4, 0.5) is 5.13 Å². The summed E-state index contributed by atoms with van der Waals surface area (Å²) in [5.74, 6) is -0.406. The van der Waals surface area contributed by atoms with Gasteiger partial charge in [0.25, 0.3) is 21.8 Å². The average Bonchev–Trinajstić information content (AvgIpc) is 3.14. The first-order valence-electron chi connectivity index (χ1n) is 8.33. The highest BCUT2D eigenvalue weighted by atomic mass is 32.2. The van der Waals surface area contributed by atoms with E-state index in [4.69, 9.17) is 4.74 Å². The van der Waals surface area contributed by atoms with Crippen LogP contribution in [0.5, 0.6) is 5.75 Å². The van der Waals surface area contributed by atoms with Gasteiger partial charge in [-0.15, -0.1) is 0 Å². The highest BCUT2D eigenvalue weighted by Gasteiger charge is 2.38. The van der Waals surface area contributed by atoms with E-state index in [0.29, 0.717) is 27.3 Å². The molecular formula is C18H15N3O5S2. The predicted octanol–water partition coefficient (Wildman–Crippen LogP) is 2.72. The fourth-order valence-electron chi connectivity index (χ4n) is 2.86. The molecule has 1 aromatic heterocycles. The standard InChI is InChI=1S/C18H15N3O5S2/c1-3-26-11-5-7-13-14(9-11)27-18(19-13)20-16(22)10-4-6-12-15(8-10)28(24,25)21(2)17(12)23/h4-9H,3H2,1-2H3,(H,19,20,22). The van der Waals surface area contributed by atoms with Gasteiger partial charge in [0.2, 0.25) is 0 Å². The Labute approximate surface area is 164 Å². The Morgan fingerprint density at radius 1 is 1.25 bits per heavy atom. The molecule has 0 saturated carbocycles. The zero-order valence-corrected chi connectivity index (χ0v) is 16.6. The SMILES string of the molecule is CCOc1ccc2nc(NC(=O)c3ccc4c(c3)S(=O)(=O)N(C)C4=O)sc2c1. The molecule has 1 N–H and O–H groups in total. The van der Waals surface area contributed by atoms with Crippen LogP contribution in [0.25, 0.3) is 10.2 Å². The maximum atomic E-state index is 12.6. The van der Waals surface area contributed by atoms with E-state index in [1.54, 1.807) is 12.1 Å². The minimum Gasteiger partial charge on any atom is -0.494 e. The molecule has 2 amide bonds. The van der Waals surface area contributed by atoms with E-state index in [-0.39, 0.29) is 16.0 Å². The Morgan fingerprint density at radius 2 is 2.04 bits per heavy atom. The molecule has 2 heterocycles. The molecule has 0 spiro atoms. The van der Waals surface area contributed by atoms with Crippen LogP contribution in [0, 0.1) is 0 Å². The van der Waals surface area contributed by atoms with Gasteiger partial charge >= 0.3 is 0 Å². The van der Waals surface area contributed by atoms with Crippen LogP contribution in [-0.2, 0) is 10.0 Å². The largest absolute Gasteiger partial charge is 0.494 e. The summed E-state index contributed by atoms with van der Waals surface area (Å²) >= 11 is 1.28. The Hall–Kier alpha value is -2.98. The maximum absolute atomic E-state index is 12.6. The summed E-state index contributed by atoms with van der Waals surface area (Å²) in [6.07, 6.45) is 0. The first-order chi connectivity index (χ1) is 13.3. The van der Waals surface area contributed by atoms with Crippen molar-refractivity contribution in [1.82, 2.24) is 9.29 Å². The molecule has 0 saturated heterocycles. The van der Waals surface area contributed by atoms with Crippen LogP contribution in [0.3, 0.4) is 0 Å². The third kappa shape index (κ3) is 2.90. The van der Waals surface area contributed by atoms with Crippen LogP contribution in [0.2, 0.25) is 0 Å². The molecule has 0 atom stereocenters. The van der Waals surface area contributed by atoms with Crippen molar-refractivity contribution in [3.63, 3.8) is 0 Å². The molecule has 28 heavy (non-hydrogen) atoms. The highest BCUT2D eigenvalue weighted by Crippen LogP contribution is 2.31. The number of thiazole rings is 1. The van der Waals surface area contributed by atoms with Gasteiger partial charge in [0.05, 0.1) is 22.4 Å². The Balaban J connectivity index is 1.62. The summed E-state index contributed by atoms with van der Waals surface area (Å²) in [6, 6.07) is 9.42. The lowest BCUT2D eigenvalue weighted by Crippen LogP contribution is -2.24. The number of carbonyl (C=O) groups is 2.